The molecule has 2 rings (SSSR count). The summed E-state index contributed by atoms with van der Waals surface area (Å²) < 4.78 is 10.6. The average molecular weight is 377 g/mol. The van der Waals surface area contributed by atoms with Gasteiger partial charge in [0.25, 0.3) is 0 Å². The van der Waals surface area contributed by atoms with Crippen LogP contribution in [0.1, 0.15) is 31.4 Å². The van der Waals surface area contributed by atoms with Crippen LogP contribution in [0.3, 0.4) is 0 Å². The number of hydrogen-bond donors (Lipinski definition) is 2. The summed E-state index contributed by atoms with van der Waals surface area (Å²) in [6.45, 7) is 9.33. The summed E-state index contributed by atoms with van der Waals surface area (Å²) in [5.74, 6) is 0.470. The van der Waals surface area contributed by atoms with Crippen molar-refractivity contribution in [3.05, 3.63) is 35.4 Å². The predicted molar refractivity (Wildman–Crippen MR) is 107 cm³/mol. The van der Waals surface area contributed by atoms with Crippen molar-refractivity contribution in [2.75, 3.05) is 39.9 Å². The highest BCUT2D eigenvalue weighted by Gasteiger charge is 2.13. The molecular weight excluding hydrogens is 344 g/mol. The highest BCUT2D eigenvalue weighted by atomic mass is 16.5. The zero-order valence-electron chi connectivity index (χ0n) is 16.7. The van der Waals surface area contributed by atoms with Crippen molar-refractivity contribution in [2.24, 2.45) is 4.99 Å². The van der Waals surface area contributed by atoms with Gasteiger partial charge in [-0.3, -0.25) is 14.7 Å². The first-order valence-corrected chi connectivity index (χ1v) is 9.59. The maximum atomic E-state index is 11.6. The second-order valence-electron chi connectivity index (χ2n) is 6.80. The van der Waals surface area contributed by atoms with Crippen LogP contribution in [0.25, 0.3) is 0 Å². The minimum Gasteiger partial charge on any atom is -0.463 e. The lowest BCUT2D eigenvalue weighted by molar-refractivity contribution is -0.147. The first-order valence-electron chi connectivity index (χ1n) is 9.59. The summed E-state index contributed by atoms with van der Waals surface area (Å²) in [6, 6.07) is 8.44. The third kappa shape index (κ3) is 7.97. The van der Waals surface area contributed by atoms with Gasteiger partial charge >= 0.3 is 5.97 Å². The number of benzene rings is 1. The Bertz CT molecular complexity index is 613. The zero-order valence-corrected chi connectivity index (χ0v) is 16.7. The van der Waals surface area contributed by atoms with E-state index in [2.05, 4.69) is 44.8 Å². The van der Waals surface area contributed by atoms with Crippen molar-refractivity contribution in [3.63, 3.8) is 0 Å². The van der Waals surface area contributed by atoms with Gasteiger partial charge in [-0.15, -0.1) is 0 Å². The van der Waals surface area contributed by atoms with Gasteiger partial charge in [-0.05, 0) is 25.0 Å². The van der Waals surface area contributed by atoms with E-state index < -0.39 is 0 Å². The molecule has 0 aromatic heterocycles. The first-order chi connectivity index (χ1) is 13.1. The molecule has 1 aromatic rings. The van der Waals surface area contributed by atoms with Crippen molar-refractivity contribution in [2.45, 2.75) is 39.5 Å². The van der Waals surface area contributed by atoms with Gasteiger partial charge in [0.05, 0.1) is 25.7 Å². The summed E-state index contributed by atoms with van der Waals surface area (Å²) in [5, 5.41) is 6.48. The largest absolute Gasteiger partial charge is 0.463 e. The lowest BCUT2D eigenvalue weighted by Crippen LogP contribution is -2.38. The number of carbonyl (C=O) groups excluding carboxylic acids is 1. The molecule has 7 nitrogen and oxygen atoms in total. The highest BCUT2D eigenvalue weighted by Crippen LogP contribution is 2.13. The van der Waals surface area contributed by atoms with Gasteiger partial charge in [0.2, 0.25) is 0 Å². The number of ether oxygens (including phenoxy) is 2. The summed E-state index contributed by atoms with van der Waals surface area (Å²) >= 11 is 0. The van der Waals surface area contributed by atoms with Crippen LogP contribution >= 0.6 is 0 Å². The van der Waals surface area contributed by atoms with E-state index in [1.807, 2.05) is 13.8 Å². The quantitative estimate of drug-likeness (QED) is 0.407. The number of hydrogen-bond acceptors (Lipinski definition) is 5. The summed E-state index contributed by atoms with van der Waals surface area (Å²) in [4.78, 5) is 18.2. The first kappa shape index (κ1) is 21.2. The van der Waals surface area contributed by atoms with E-state index >= 15 is 0 Å². The molecule has 0 aliphatic carbocycles. The Hall–Kier alpha value is -2.12. The van der Waals surface area contributed by atoms with E-state index in [9.17, 15) is 4.79 Å². The Labute approximate surface area is 162 Å². The van der Waals surface area contributed by atoms with Crippen LogP contribution in [0.5, 0.6) is 0 Å². The molecule has 2 N–H and O–H groups in total. The fourth-order valence-corrected chi connectivity index (χ4v) is 2.89. The molecule has 1 aliphatic heterocycles. The third-order valence-corrected chi connectivity index (χ3v) is 4.27. The number of morpholine rings is 1. The minimum absolute atomic E-state index is 0.0853. The molecule has 150 valence electrons. The molecule has 0 spiro atoms. The van der Waals surface area contributed by atoms with E-state index in [1.54, 1.807) is 7.05 Å². The van der Waals surface area contributed by atoms with Crippen molar-refractivity contribution < 1.29 is 14.3 Å². The van der Waals surface area contributed by atoms with Gasteiger partial charge < -0.3 is 20.1 Å². The molecule has 0 saturated carbocycles. The maximum Gasteiger partial charge on any atom is 0.307 e. The van der Waals surface area contributed by atoms with Gasteiger partial charge in [0.1, 0.15) is 0 Å². The van der Waals surface area contributed by atoms with E-state index in [1.165, 1.54) is 11.1 Å². The Morgan fingerprint density at radius 2 is 1.93 bits per heavy atom. The standard InChI is InChI=1S/C20H32N4O3/c1-16(2)27-19(25)8-9-22-20(21-3)23-14-17-6-4-5-7-18(17)15-24-10-12-26-13-11-24/h4-7,16H,8-15H2,1-3H3,(H2,21,22,23). The van der Waals surface area contributed by atoms with Crippen LogP contribution in [-0.4, -0.2) is 62.8 Å². The minimum atomic E-state index is -0.205. The topological polar surface area (TPSA) is 75.2 Å². The second-order valence-corrected chi connectivity index (χ2v) is 6.80. The van der Waals surface area contributed by atoms with E-state index in [0.717, 1.165) is 32.8 Å². The molecule has 0 unspecified atom stereocenters. The monoisotopic (exact) mass is 376 g/mol. The SMILES string of the molecule is CN=C(NCCC(=O)OC(C)C)NCc1ccccc1CN1CCOCC1. The smallest absolute Gasteiger partial charge is 0.307 e. The number of nitrogens with zero attached hydrogens (tertiary/aromatic N) is 2. The lowest BCUT2D eigenvalue weighted by Gasteiger charge is -2.27. The lowest BCUT2D eigenvalue weighted by atomic mass is 10.1. The molecule has 0 atom stereocenters. The number of nitrogens with one attached hydrogen (secondary N) is 2. The van der Waals surface area contributed by atoms with Crippen LogP contribution < -0.4 is 10.6 Å². The number of carbonyl (C=O) groups is 1. The molecule has 7 heteroatoms. The number of rotatable bonds is 8. The van der Waals surface area contributed by atoms with E-state index in [4.69, 9.17) is 9.47 Å². The van der Waals surface area contributed by atoms with E-state index in [0.29, 0.717) is 25.5 Å². The summed E-state index contributed by atoms with van der Waals surface area (Å²) in [7, 11) is 1.72. The summed E-state index contributed by atoms with van der Waals surface area (Å²) in [5.41, 5.74) is 2.55. The van der Waals surface area contributed by atoms with Gasteiger partial charge in [-0.25, -0.2) is 0 Å². The second kappa shape index (κ2) is 11.6. The highest BCUT2D eigenvalue weighted by molar-refractivity contribution is 5.80. The fourth-order valence-electron chi connectivity index (χ4n) is 2.89. The average Bonchev–Trinajstić information content (AvgIpc) is 2.66. The molecular formula is C20H32N4O3. The van der Waals surface area contributed by atoms with Crippen molar-refractivity contribution in [3.8, 4) is 0 Å². The zero-order chi connectivity index (χ0) is 19.5. The van der Waals surface area contributed by atoms with Crippen LogP contribution in [-0.2, 0) is 27.4 Å². The van der Waals surface area contributed by atoms with Gasteiger partial charge in [0.15, 0.2) is 5.96 Å². The summed E-state index contributed by atoms with van der Waals surface area (Å²) in [6.07, 6.45) is 0.227. The molecule has 0 amide bonds. The van der Waals surface area contributed by atoms with Gasteiger partial charge in [-0.2, -0.15) is 0 Å². The predicted octanol–water partition coefficient (Wildman–Crippen LogP) is 1.53. The molecule has 27 heavy (non-hydrogen) atoms. The van der Waals surface area contributed by atoms with E-state index in [-0.39, 0.29) is 12.1 Å². The molecule has 1 aliphatic rings. The van der Waals surface area contributed by atoms with Crippen LogP contribution in [0, 0.1) is 0 Å². The molecule has 0 radical (unpaired) electrons. The Morgan fingerprint density at radius 1 is 1.22 bits per heavy atom. The Morgan fingerprint density at radius 3 is 2.59 bits per heavy atom. The number of guanidine groups is 1. The molecule has 1 saturated heterocycles. The molecule has 0 bridgehead atoms. The third-order valence-electron chi connectivity index (χ3n) is 4.27. The normalized spacial score (nSPS) is 15.6. The molecule has 1 heterocycles. The van der Waals surface area contributed by atoms with Crippen LogP contribution in [0.15, 0.2) is 29.3 Å². The molecule has 1 fully saturated rings. The Kier molecular flexibility index (Phi) is 9.07. The number of esters is 1. The maximum absolute atomic E-state index is 11.6. The van der Waals surface area contributed by atoms with Crippen LogP contribution in [0.4, 0.5) is 0 Å². The Balaban J connectivity index is 1.81. The van der Waals surface area contributed by atoms with Crippen LogP contribution in [0.2, 0.25) is 0 Å². The number of aliphatic imine (C=N–C) groups is 1. The van der Waals surface area contributed by atoms with Crippen molar-refractivity contribution in [1.82, 2.24) is 15.5 Å². The molecule has 1 aromatic carbocycles. The van der Waals surface area contributed by atoms with Crippen molar-refractivity contribution >= 4 is 11.9 Å². The van der Waals surface area contributed by atoms with Gasteiger partial charge in [-0.1, -0.05) is 24.3 Å². The van der Waals surface area contributed by atoms with Crippen molar-refractivity contribution in [1.29, 1.82) is 0 Å². The fraction of sp³-hybridized carbons (Fsp3) is 0.600. The van der Waals surface area contributed by atoms with Gasteiger partial charge in [0, 0.05) is 39.8 Å².